The fourth-order valence-electron chi connectivity index (χ4n) is 0.968. The molecule has 62 valence electrons. The van der Waals surface area contributed by atoms with Gasteiger partial charge in [0.25, 0.3) is 0 Å². The Morgan fingerprint density at radius 1 is 1.40 bits per heavy atom. The summed E-state index contributed by atoms with van der Waals surface area (Å²) in [5, 5.41) is 12.2. The van der Waals surface area contributed by atoms with Crippen LogP contribution in [-0.4, -0.2) is 24.8 Å². The summed E-state index contributed by atoms with van der Waals surface area (Å²) in [5.41, 5.74) is 0. The first-order valence-electron chi connectivity index (χ1n) is 4.14. The molecular formula is C8H19NO. The monoisotopic (exact) mass is 145 g/mol. The van der Waals surface area contributed by atoms with Gasteiger partial charge in [-0.05, 0) is 13.5 Å². The summed E-state index contributed by atoms with van der Waals surface area (Å²) < 4.78 is 0. The van der Waals surface area contributed by atoms with Crippen LogP contribution in [0.15, 0.2) is 0 Å². The molecule has 0 aliphatic carbocycles. The molecule has 1 atom stereocenters. The van der Waals surface area contributed by atoms with Crippen LogP contribution in [-0.2, 0) is 0 Å². The first-order chi connectivity index (χ1) is 4.81. The molecule has 0 bridgehead atoms. The molecule has 0 fully saturated rings. The van der Waals surface area contributed by atoms with Gasteiger partial charge >= 0.3 is 0 Å². The van der Waals surface area contributed by atoms with Crippen molar-refractivity contribution in [3.63, 3.8) is 0 Å². The summed E-state index contributed by atoms with van der Waals surface area (Å²) in [4.78, 5) is 0. The highest BCUT2D eigenvalue weighted by Gasteiger charge is 1.99. The van der Waals surface area contributed by atoms with Gasteiger partial charge in [-0.1, -0.05) is 26.2 Å². The molecule has 0 spiro atoms. The lowest BCUT2D eigenvalue weighted by Crippen LogP contribution is -2.23. The molecule has 0 saturated heterocycles. The summed E-state index contributed by atoms with van der Waals surface area (Å²) >= 11 is 0. The SMILES string of the molecule is CCCCCC(O)CNC. The number of aliphatic hydroxyl groups excluding tert-OH is 1. The maximum absolute atomic E-state index is 9.21. The zero-order valence-corrected chi connectivity index (χ0v) is 7.06. The fraction of sp³-hybridized carbons (Fsp3) is 1.00. The second-order valence-corrected chi connectivity index (χ2v) is 2.71. The van der Waals surface area contributed by atoms with E-state index in [1.807, 2.05) is 7.05 Å². The zero-order chi connectivity index (χ0) is 7.82. The summed E-state index contributed by atoms with van der Waals surface area (Å²) in [6.45, 7) is 2.90. The van der Waals surface area contributed by atoms with E-state index in [4.69, 9.17) is 0 Å². The lowest BCUT2D eigenvalue weighted by Gasteiger charge is -2.07. The first-order valence-corrected chi connectivity index (χ1v) is 4.14. The molecule has 0 saturated carbocycles. The molecule has 0 aromatic heterocycles. The van der Waals surface area contributed by atoms with Crippen molar-refractivity contribution in [3.05, 3.63) is 0 Å². The van der Waals surface area contributed by atoms with Gasteiger partial charge in [0.05, 0.1) is 6.10 Å². The van der Waals surface area contributed by atoms with Crippen LogP contribution in [0.5, 0.6) is 0 Å². The van der Waals surface area contributed by atoms with E-state index in [9.17, 15) is 5.11 Å². The summed E-state index contributed by atoms with van der Waals surface area (Å²) in [7, 11) is 1.86. The second-order valence-electron chi connectivity index (χ2n) is 2.71. The third-order valence-electron chi connectivity index (χ3n) is 1.58. The minimum absolute atomic E-state index is 0.142. The zero-order valence-electron chi connectivity index (χ0n) is 7.06. The Hall–Kier alpha value is -0.0800. The highest BCUT2D eigenvalue weighted by atomic mass is 16.3. The van der Waals surface area contributed by atoms with Crippen LogP contribution in [0, 0.1) is 0 Å². The molecule has 1 unspecified atom stereocenters. The highest BCUT2D eigenvalue weighted by Crippen LogP contribution is 2.01. The van der Waals surface area contributed by atoms with Crippen molar-refractivity contribution < 1.29 is 5.11 Å². The van der Waals surface area contributed by atoms with Crippen molar-refractivity contribution in [1.29, 1.82) is 0 Å². The average molecular weight is 145 g/mol. The lowest BCUT2D eigenvalue weighted by atomic mass is 10.1. The number of likely N-dealkylation sites (N-methyl/N-ethyl adjacent to an activating group) is 1. The molecule has 0 aliphatic heterocycles. The van der Waals surface area contributed by atoms with E-state index in [0.717, 1.165) is 19.4 Å². The number of unbranched alkanes of at least 4 members (excludes halogenated alkanes) is 2. The summed E-state index contributed by atoms with van der Waals surface area (Å²) in [5.74, 6) is 0. The van der Waals surface area contributed by atoms with Gasteiger partial charge in [-0.25, -0.2) is 0 Å². The van der Waals surface area contributed by atoms with Crippen molar-refractivity contribution in [3.8, 4) is 0 Å². The van der Waals surface area contributed by atoms with Crippen molar-refractivity contribution in [1.82, 2.24) is 5.32 Å². The largest absolute Gasteiger partial charge is 0.392 e. The minimum atomic E-state index is -0.142. The second kappa shape index (κ2) is 7.03. The number of hydrogen-bond acceptors (Lipinski definition) is 2. The van der Waals surface area contributed by atoms with Crippen LogP contribution < -0.4 is 5.32 Å². The molecule has 2 heteroatoms. The maximum Gasteiger partial charge on any atom is 0.0664 e. The van der Waals surface area contributed by atoms with E-state index in [0.29, 0.717) is 0 Å². The molecule has 2 N–H and O–H groups in total. The Morgan fingerprint density at radius 3 is 2.60 bits per heavy atom. The minimum Gasteiger partial charge on any atom is -0.392 e. The van der Waals surface area contributed by atoms with Crippen molar-refractivity contribution in [2.45, 2.75) is 38.7 Å². The third kappa shape index (κ3) is 6.05. The lowest BCUT2D eigenvalue weighted by molar-refractivity contribution is 0.161. The van der Waals surface area contributed by atoms with Crippen LogP contribution in [0.25, 0.3) is 0 Å². The molecule has 10 heavy (non-hydrogen) atoms. The fourth-order valence-corrected chi connectivity index (χ4v) is 0.968. The van der Waals surface area contributed by atoms with Crippen molar-refractivity contribution in [2.24, 2.45) is 0 Å². The molecule has 0 aromatic carbocycles. The Morgan fingerprint density at radius 2 is 2.10 bits per heavy atom. The number of aliphatic hydroxyl groups is 1. The van der Waals surface area contributed by atoms with Crippen molar-refractivity contribution in [2.75, 3.05) is 13.6 Å². The van der Waals surface area contributed by atoms with Gasteiger partial charge in [0.1, 0.15) is 0 Å². The molecule has 0 aromatic rings. The van der Waals surface area contributed by atoms with Gasteiger partial charge in [-0.15, -0.1) is 0 Å². The molecule has 0 amide bonds. The predicted octanol–water partition coefficient (Wildman–Crippen LogP) is 1.15. The molecule has 0 radical (unpaired) electrons. The van der Waals surface area contributed by atoms with Crippen LogP contribution >= 0.6 is 0 Å². The smallest absolute Gasteiger partial charge is 0.0664 e. The van der Waals surface area contributed by atoms with Crippen molar-refractivity contribution >= 4 is 0 Å². The van der Waals surface area contributed by atoms with Crippen LogP contribution in [0.1, 0.15) is 32.6 Å². The van der Waals surface area contributed by atoms with E-state index in [1.165, 1.54) is 12.8 Å². The molecule has 0 rings (SSSR count). The van der Waals surface area contributed by atoms with Gasteiger partial charge in [-0.3, -0.25) is 0 Å². The quantitative estimate of drug-likeness (QED) is 0.549. The molecular weight excluding hydrogens is 126 g/mol. The number of hydrogen-bond donors (Lipinski definition) is 2. The molecule has 2 nitrogen and oxygen atoms in total. The standard InChI is InChI=1S/C8H19NO/c1-3-4-5-6-8(10)7-9-2/h8-10H,3-7H2,1-2H3. The van der Waals surface area contributed by atoms with E-state index in [-0.39, 0.29) is 6.10 Å². The normalized spacial score (nSPS) is 13.5. The predicted molar refractivity (Wildman–Crippen MR) is 44.1 cm³/mol. The van der Waals surface area contributed by atoms with E-state index in [2.05, 4.69) is 12.2 Å². The van der Waals surface area contributed by atoms with Gasteiger partial charge in [-0.2, -0.15) is 0 Å². The van der Waals surface area contributed by atoms with E-state index in [1.54, 1.807) is 0 Å². The summed E-state index contributed by atoms with van der Waals surface area (Å²) in [6, 6.07) is 0. The van der Waals surface area contributed by atoms with Crippen LogP contribution in [0.3, 0.4) is 0 Å². The average Bonchev–Trinajstić information content (AvgIpc) is 1.89. The topological polar surface area (TPSA) is 32.3 Å². The number of nitrogens with one attached hydrogen (secondary N) is 1. The number of rotatable bonds is 6. The highest BCUT2D eigenvalue weighted by molar-refractivity contribution is 4.56. The van der Waals surface area contributed by atoms with Gasteiger partial charge in [0, 0.05) is 6.54 Å². The Labute approximate surface area is 63.6 Å². The third-order valence-corrected chi connectivity index (χ3v) is 1.58. The Kier molecular flexibility index (Phi) is 6.98. The molecule has 0 heterocycles. The summed E-state index contributed by atoms with van der Waals surface area (Å²) in [6.07, 6.45) is 4.41. The van der Waals surface area contributed by atoms with E-state index >= 15 is 0 Å². The maximum atomic E-state index is 9.21. The Balaban J connectivity index is 2.97. The Bertz CT molecular complexity index is 66.3. The van der Waals surface area contributed by atoms with E-state index < -0.39 is 0 Å². The van der Waals surface area contributed by atoms with Gasteiger partial charge < -0.3 is 10.4 Å². The molecule has 0 aliphatic rings. The first kappa shape index (κ1) is 9.92. The van der Waals surface area contributed by atoms with Crippen LogP contribution in [0.2, 0.25) is 0 Å². The van der Waals surface area contributed by atoms with Gasteiger partial charge in [0.2, 0.25) is 0 Å². The van der Waals surface area contributed by atoms with Crippen LogP contribution in [0.4, 0.5) is 0 Å². The van der Waals surface area contributed by atoms with Gasteiger partial charge in [0.15, 0.2) is 0 Å².